The van der Waals surface area contributed by atoms with Gasteiger partial charge in [-0.1, -0.05) is 18.2 Å². The lowest BCUT2D eigenvalue weighted by atomic mass is 9.77. The highest BCUT2D eigenvalue weighted by atomic mass is 16.3. The molecule has 0 radical (unpaired) electrons. The third-order valence-electron chi connectivity index (χ3n) is 6.02. The van der Waals surface area contributed by atoms with Crippen molar-refractivity contribution in [1.29, 1.82) is 0 Å². The number of aliphatic hydroxyl groups is 1. The van der Waals surface area contributed by atoms with Crippen molar-refractivity contribution in [2.45, 2.75) is 70.4 Å². The molecule has 1 aromatic rings. The fraction of sp³-hybridized carbons (Fsp3) is 0.667. The maximum atomic E-state index is 12.6. The van der Waals surface area contributed by atoms with Crippen LogP contribution in [0.15, 0.2) is 24.3 Å². The number of hydrogen-bond acceptors (Lipinski definition) is 3. The first kappa shape index (κ1) is 18.2. The summed E-state index contributed by atoms with van der Waals surface area (Å²) in [5.41, 5.74) is 1.06. The zero-order valence-electron chi connectivity index (χ0n) is 15.8. The van der Waals surface area contributed by atoms with Crippen molar-refractivity contribution in [1.82, 2.24) is 5.32 Å². The number of nitrogens with one attached hydrogen (secondary N) is 2. The largest absolute Gasteiger partial charge is 0.390 e. The molecule has 2 fully saturated rings. The van der Waals surface area contributed by atoms with Crippen LogP contribution in [0.5, 0.6) is 0 Å². The highest BCUT2D eigenvalue weighted by Gasteiger charge is 2.43. The van der Waals surface area contributed by atoms with Crippen LogP contribution in [0.2, 0.25) is 0 Å². The van der Waals surface area contributed by atoms with Crippen LogP contribution < -0.4 is 10.6 Å². The molecule has 3 atom stereocenters. The van der Waals surface area contributed by atoms with E-state index >= 15 is 0 Å². The smallest absolute Gasteiger partial charge is 0.245 e. The van der Waals surface area contributed by atoms with Crippen LogP contribution >= 0.6 is 0 Å². The van der Waals surface area contributed by atoms with Crippen LogP contribution in [0.1, 0.15) is 57.9 Å². The molecule has 2 bridgehead atoms. The molecule has 0 spiro atoms. The van der Waals surface area contributed by atoms with Gasteiger partial charge in [-0.05, 0) is 82.8 Å². The molecule has 3 N–H and O–H groups in total. The summed E-state index contributed by atoms with van der Waals surface area (Å²) in [6.07, 6.45) is 6.21. The molecule has 0 saturated heterocycles. The molecule has 3 rings (SSSR count). The second-order valence-electron chi connectivity index (χ2n) is 8.75. The molecule has 2 aliphatic rings. The Balaban J connectivity index is 1.48. The van der Waals surface area contributed by atoms with Crippen molar-refractivity contribution in [3.8, 4) is 0 Å². The van der Waals surface area contributed by atoms with E-state index in [-0.39, 0.29) is 5.91 Å². The predicted molar refractivity (Wildman–Crippen MR) is 102 cm³/mol. The maximum absolute atomic E-state index is 12.6. The minimum Gasteiger partial charge on any atom is -0.390 e. The van der Waals surface area contributed by atoms with Crippen LogP contribution in [0.4, 0.5) is 5.69 Å². The summed E-state index contributed by atoms with van der Waals surface area (Å²) in [6, 6.07) is 8.02. The summed E-state index contributed by atoms with van der Waals surface area (Å²) in [5, 5.41) is 17.0. The molecule has 138 valence electrons. The number of hydrogen-bond donors (Lipinski definition) is 3. The SMILES string of the molecule is Cc1ccccc1NC(C)(C)C(=O)NCCC1C[C@@H]2CC[C@@](O)(C1)C2. The summed E-state index contributed by atoms with van der Waals surface area (Å²) in [6.45, 7) is 6.56. The Bertz CT molecular complexity index is 628. The Morgan fingerprint density at radius 1 is 1.32 bits per heavy atom. The molecular formula is C21H32N2O2. The molecule has 4 nitrogen and oxygen atoms in total. The van der Waals surface area contributed by atoms with E-state index in [1.54, 1.807) is 0 Å². The second-order valence-corrected chi connectivity index (χ2v) is 8.75. The summed E-state index contributed by atoms with van der Waals surface area (Å²) in [4.78, 5) is 12.6. The average Bonchev–Trinajstić information content (AvgIpc) is 2.82. The Kier molecular flexibility index (Phi) is 5.10. The number of amides is 1. The molecule has 1 amide bonds. The molecule has 0 heterocycles. The summed E-state index contributed by atoms with van der Waals surface area (Å²) in [5.74, 6) is 1.26. The van der Waals surface area contributed by atoms with E-state index < -0.39 is 11.1 Å². The molecule has 1 unspecified atom stereocenters. The lowest BCUT2D eigenvalue weighted by Gasteiger charge is -2.34. The lowest BCUT2D eigenvalue weighted by Crippen LogP contribution is -2.48. The van der Waals surface area contributed by atoms with Gasteiger partial charge < -0.3 is 15.7 Å². The van der Waals surface area contributed by atoms with E-state index in [2.05, 4.69) is 10.6 Å². The van der Waals surface area contributed by atoms with Gasteiger partial charge in [0.25, 0.3) is 0 Å². The first-order valence-electron chi connectivity index (χ1n) is 9.62. The normalized spacial score (nSPS) is 28.6. The van der Waals surface area contributed by atoms with Crippen LogP contribution in [-0.4, -0.2) is 28.7 Å². The number of para-hydroxylation sites is 1. The number of carbonyl (C=O) groups is 1. The third kappa shape index (κ3) is 4.35. The van der Waals surface area contributed by atoms with Crippen molar-refractivity contribution >= 4 is 11.6 Å². The van der Waals surface area contributed by atoms with E-state index in [4.69, 9.17) is 0 Å². The van der Waals surface area contributed by atoms with E-state index in [0.717, 1.165) is 36.9 Å². The molecule has 25 heavy (non-hydrogen) atoms. The van der Waals surface area contributed by atoms with Gasteiger partial charge >= 0.3 is 0 Å². The Morgan fingerprint density at radius 3 is 2.80 bits per heavy atom. The van der Waals surface area contributed by atoms with E-state index in [1.807, 2.05) is 45.0 Å². The van der Waals surface area contributed by atoms with Gasteiger partial charge in [0.15, 0.2) is 0 Å². The van der Waals surface area contributed by atoms with Gasteiger partial charge in [0.05, 0.1) is 5.60 Å². The van der Waals surface area contributed by atoms with Crippen LogP contribution in [0.25, 0.3) is 0 Å². The maximum Gasteiger partial charge on any atom is 0.245 e. The second kappa shape index (κ2) is 6.99. The first-order chi connectivity index (χ1) is 11.8. The first-order valence-corrected chi connectivity index (χ1v) is 9.62. The van der Waals surface area contributed by atoms with Gasteiger partial charge in [-0.25, -0.2) is 0 Å². The van der Waals surface area contributed by atoms with Crippen LogP contribution in [0, 0.1) is 18.8 Å². The van der Waals surface area contributed by atoms with E-state index in [9.17, 15) is 9.90 Å². The van der Waals surface area contributed by atoms with Crippen molar-refractivity contribution in [2.24, 2.45) is 11.8 Å². The van der Waals surface area contributed by atoms with Crippen molar-refractivity contribution in [3.05, 3.63) is 29.8 Å². The summed E-state index contributed by atoms with van der Waals surface area (Å²) < 4.78 is 0. The van der Waals surface area contributed by atoms with Crippen molar-refractivity contribution < 1.29 is 9.90 Å². The molecule has 2 aliphatic carbocycles. The molecule has 0 aliphatic heterocycles. The monoisotopic (exact) mass is 344 g/mol. The number of rotatable bonds is 6. The van der Waals surface area contributed by atoms with Gasteiger partial charge in [-0.3, -0.25) is 4.79 Å². The number of aryl methyl sites for hydroxylation is 1. The predicted octanol–water partition coefficient (Wildman–Crippen LogP) is 3.63. The van der Waals surface area contributed by atoms with Gasteiger partial charge in [-0.2, -0.15) is 0 Å². The molecule has 1 aromatic carbocycles. The highest BCUT2D eigenvalue weighted by molar-refractivity contribution is 5.88. The third-order valence-corrected chi connectivity index (χ3v) is 6.02. The fourth-order valence-corrected chi connectivity index (χ4v) is 4.63. The minimum absolute atomic E-state index is 0.0215. The lowest BCUT2D eigenvalue weighted by molar-refractivity contribution is -0.124. The molecule has 2 saturated carbocycles. The van der Waals surface area contributed by atoms with Gasteiger partial charge in [0, 0.05) is 12.2 Å². The van der Waals surface area contributed by atoms with Gasteiger partial charge in [0.2, 0.25) is 5.91 Å². The number of carbonyl (C=O) groups excluding carboxylic acids is 1. The molecular weight excluding hydrogens is 312 g/mol. The number of fused-ring (bicyclic) bond motifs is 2. The Morgan fingerprint density at radius 2 is 2.08 bits per heavy atom. The van der Waals surface area contributed by atoms with Crippen molar-refractivity contribution in [3.63, 3.8) is 0 Å². The number of anilines is 1. The topological polar surface area (TPSA) is 61.4 Å². The Hall–Kier alpha value is -1.55. The summed E-state index contributed by atoms with van der Waals surface area (Å²) >= 11 is 0. The minimum atomic E-state index is -0.657. The number of benzene rings is 1. The van der Waals surface area contributed by atoms with E-state index in [1.165, 1.54) is 12.8 Å². The summed E-state index contributed by atoms with van der Waals surface area (Å²) in [7, 11) is 0. The zero-order chi connectivity index (χ0) is 18.1. The quantitative estimate of drug-likeness (QED) is 0.738. The highest BCUT2D eigenvalue weighted by Crippen LogP contribution is 2.48. The fourth-order valence-electron chi connectivity index (χ4n) is 4.63. The van der Waals surface area contributed by atoms with Gasteiger partial charge in [0.1, 0.15) is 5.54 Å². The van der Waals surface area contributed by atoms with Crippen molar-refractivity contribution in [2.75, 3.05) is 11.9 Å². The van der Waals surface area contributed by atoms with E-state index in [0.29, 0.717) is 18.4 Å². The van der Waals surface area contributed by atoms with Crippen LogP contribution in [0.3, 0.4) is 0 Å². The van der Waals surface area contributed by atoms with Crippen LogP contribution in [-0.2, 0) is 4.79 Å². The average molecular weight is 344 g/mol. The molecule has 0 aromatic heterocycles. The standard InChI is InChI=1S/C21H32N2O2/c1-15-6-4-5-7-18(15)23-20(2,3)19(24)22-11-9-17-12-16-8-10-21(25,13-16)14-17/h4-7,16-17,23,25H,8-14H2,1-3H3,(H,22,24)/t16-,17?,21-/m0/s1. The Labute approximate surface area is 151 Å². The zero-order valence-corrected chi connectivity index (χ0v) is 15.8. The van der Waals surface area contributed by atoms with Gasteiger partial charge in [-0.15, -0.1) is 0 Å². The molecule has 4 heteroatoms.